The Morgan fingerprint density at radius 1 is 1.11 bits per heavy atom. The van der Waals surface area contributed by atoms with Crippen LogP contribution in [0.4, 0.5) is 0 Å². The van der Waals surface area contributed by atoms with Gasteiger partial charge in [0, 0.05) is 21.4 Å². The van der Waals surface area contributed by atoms with Crippen molar-refractivity contribution in [2.75, 3.05) is 0 Å². The van der Waals surface area contributed by atoms with Gasteiger partial charge in [-0.05, 0) is 30.2 Å². The number of hydrogen-bond donors (Lipinski definition) is 0. The van der Waals surface area contributed by atoms with E-state index in [0.29, 0.717) is 11.7 Å². The minimum absolute atomic E-state index is 0.239. The maximum atomic E-state index is 12.6. The van der Waals surface area contributed by atoms with Crippen LogP contribution < -0.4 is 0 Å². The third-order valence-electron chi connectivity index (χ3n) is 3.99. The summed E-state index contributed by atoms with van der Waals surface area (Å²) in [4.78, 5) is 13.7. The fraction of sp³-hybridized carbons (Fsp3) is 0.188. The molecule has 0 saturated heterocycles. The predicted molar refractivity (Wildman–Crippen MR) is 78.2 cm³/mol. The smallest absolute Gasteiger partial charge is 0.181 e. The number of hydrogen-bond acceptors (Lipinski definition) is 2. The molecule has 2 aromatic carbocycles. The number of thioether (sulfide) groups is 1. The normalized spacial score (nSPS) is 27.6. The Morgan fingerprint density at radius 2 is 1.84 bits per heavy atom. The quantitative estimate of drug-likeness (QED) is 0.765. The highest BCUT2D eigenvalue weighted by Gasteiger charge is 2.64. The number of halogens is 1. The first-order chi connectivity index (χ1) is 9.21. The molecule has 2 aromatic rings. The van der Waals surface area contributed by atoms with Gasteiger partial charge in [-0.3, -0.25) is 4.79 Å². The fourth-order valence-corrected chi connectivity index (χ4v) is 4.57. The number of ketones is 1. The van der Waals surface area contributed by atoms with E-state index in [9.17, 15) is 4.79 Å². The highest BCUT2D eigenvalue weighted by atomic mass is 35.5. The molecule has 94 valence electrons. The summed E-state index contributed by atoms with van der Waals surface area (Å²) in [5.41, 5.74) is 2.11. The Balaban J connectivity index is 1.70. The summed E-state index contributed by atoms with van der Waals surface area (Å²) in [6, 6.07) is 15.8. The molecule has 0 bridgehead atoms. The van der Waals surface area contributed by atoms with Gasteiger partial charge in [-0.2, -0.15) is 0 Å². The third-order valence-corrected chi connectivity index (χ3v) is 5.82. The Labute approximate surface area is 121 Å². The first-order valence-corrected chi connectivity index (χ1v) is 7.48. The van der Waals surface area contributed by atoms with Crippen LogP contribution in [0.15, 0.2) is 53.4 Å². The molecule has 1 nitrogen and oxygen atoms in total. The van der Waals surface area contributed by atoms with Crippen molar-refractivity contribution < 1.29 is 4.79 Å². The molecule has 1 saturated carbocycles. The molecular weight excluding hydrogens is 276 g/mol. The van der Waals surface area contributed by atoms with Gasteiger partial charge in [-0.15, -0.1) is 11.8 Å². The predicted octanol–water partition coefficient (Wildman–Crippen LogP) is 4.55. The molecule has 1 fully saturated rings. The summed E-state index contributed by atoms with van der Waals surface area (Å²) in [6.45, 7) is 0. The Hall–Kier alpha value is -1.25. The van der Waals surface area contributed by atoms with Crippen LogP contribution in [0.25, 0.3) is 0 Å². The summed E-state index contributed by atoms with van der Waals surface area (Å²) in [5.74, 6) is 0.628. The molecule has 1 aliphatic heterocycles. The summed E-state index contributed by atoms with van der Waals surface area (Å²) >= 11 is 7.65. The molecule has 0 N–H and O–H groups in total. The van der Waals surface area contributed by atoms with Crippen molar-refractivity contribution in [3.05, 3.63) is 64.7 Å². The highest BCUT2D eigenvalue weighted by Crippen LogP contribution is 2.67. The zero-order chi connectivity index (χ0) is 13.0. The fourth-order valence-electron chi connectivity index (χ4n) is 2.90. The van der Waals surface area contributed by atoms with Crippen LogP contribution in [-0.2, 0) is 0 Å². The topological polar surface area (TPSA) is 17.1 Å². The molecular formula is C16H11ClOS. The summed E-state index contributed by atoms with van der Waals surface area (Å²) < 4.78 is -0.239. The number of carbonyl (C=O) groups excluding carboxylic acids is 1. The minimum atomic E-state index is -0.239. The molecule has 4 rings (SSSR count). The second kappa shape index (κ2) is 3.87. The first-order valence-electron chi connectivity index (χ1n) is 6.29. The Morgan fingerprint density at radius 3 is 2.58 bits per heavy atom. The van der Waals surface area contributed by atoms with Crippen molar-refractivity contribution in [3.63, 3.8) is 0 Å². The number of rotatable bonds is 1. The Kier molecular flexibility index (Phi) is 2.36. The number of benzene rings is 2. The van der Waals surface area contributed by atoms with Crippen molar-refractivity contribution in [1.82, 2.24) is 0 Å². The molecule has 0 aromatic heterocycles. The molecule has 1 spiro atoms. The van der Waals surface area contributed by atoms with Crippen molar-refractivity contribution >= 4 is 29.1 Å². The van der Waals surface area contributed by atoms with Gasteiger partial charge in [0.1, 0.15) is 0 Å². The van der Waals surface area contributed by atoms with Crippen LogP contribution in [0.3, 0.4) is 0 Å². The van der Waals surface area contributed by atoms with Crippen LogP contribution >= 0.6 is 23.4 Å². The molecule has 0 unspecified atom stereocenters. The van der Waals surface area contributed by atoms with Crippen LogP contribution in [0.5, 0.6) is 0 Å². The van der Waals surface area contributed by atoms with Crippen LogP contribution in [0, 0.1) is 0 Å². The van der Waals surface area contributed by atoms with Crippen LogP contribution in [0.1, 0.15) is 28.3 Å². The monoisotopic (exact) mass is 286 g/mol. The van der Waals surface area contributed by atoms with E-state index in [4.69, 9.17) is 11.6 Å². The van der Waals surface area contributed by atoms with Crippen LogP contribution in [-0.4, -0.2) is 10.5 Å². The lowest BCUT2D eigenvalue weighted by Crippen LogP contribution is -2.15. The van der Waals surface area contributed by atoms with E-state index in [2.05, 4.69) is 0 Å². The van der Waals surface area contributed by atoms with E-state index in [-0.39, 0.29) is 4.75 Å². The van der Waals surface area contributed by atoms with E-state index in [1.165, 1.54) is 5.56 Å². The van der Waals surface area contributed by atoms with E-state index in [1.54, 1.807) is 11.8 Å². The van der Waals surface area contributed by atoms with Gasteiger partial charge in [-0.1, -0.05) is 41.9 Å². The van der Waals surface area contributed by atoms with Gasteiger partial charge in [0.05, 0.1) is 4.75 Å². The van der Waals surface area contributed by atoms with Gasteiger partial charge < -0.3 is 0 Å². The van der Waals surface area contributed by atoms with Gasteiger partial charge in [-0.25, -0.2) is 0 Å². The molecule has 0 amide bonds. The van der Waals surface area contributed by atoms with Gasteiger partial charge >= 0.3 is 0 Å². The highest BCUT2D eigenvalue weighted by molar-refractivity contribution is 8.02. The zero-order valence-corrected chi connectivity index (χ0v) is 11.7. The maximum Gasteiger partial charge on any atom is 0.181 e. The van der Waals surface area contributed by atoms with Crippen molar-refractivity contribution in [2.24, 2.45) is 0 Å². The lowest BCUT2D eigenvalue weighted by molar-refractivity contribution is 0.0981. The molecule has 2 aliphatic rings. The van der Waals surface area contributed by atoms with Crippen LogP contribution in [0.2, 0.25) is 5.02 Å². The van der Waals surface area contributed by atoms with Crippen molar-refractivity contribution in [1.29, 1.82) is 0 Å². The number of carbonyl (C=O) groups is 1. The lowest BCUT2D eigenvalue weighted by atomic mass is 10.0. The molecule has 19 heavy (non-hydrogen) atoms. The van der Waals surface area contributed by atoms with Gasteiger partial charge in [0.2, 0.25) is 0 Å². The lowest BCUT2D eigenvalue weighted by Gasteiger charge is -2.06. The number of Topliss-reactive ketones (excluding diaryl/α,β-unsaturated/α-hetero) is 1. The maximum absolute atomic E-state index is 12.6. The second-order valence-corrected chi connectivity index (χ2v) is 6.93. The average Bonchev–Trinajstić information content (AvgIpc) is 3.07. The number of fused-ring (bicyclic) bond motifs is 1. The standard InChI is InChI=1S/C16H11ClOS/c17-11-7-5-10(6-8-11)13-9-16(13)15(18)12-3-1-2-4-14(12)19-16/h1-8,13H,9H2/t13-,16-/m1/s1. The van der Waals surface area contributed by atoms with E-state index in [1.807, 2.05) is 48.5 Å². The molecule has 0 radical (unpaired) electrons. The van der Waals surface area contributed by atoms with E-state index >= 15 is 0 Å². The third kappa shape index (κ3) is 1.60. The summed E-state index contributed by atoms with van der Waals surface area (Å²) in [7, 11) is 0. The largest absolute Gasteiger partial charge is 0.293 e. The SMILES string of the molecule is O=C1c2ccccc2S[C@@]12C[C@@H]2c1ccc(Cl)cc1. The van der Waals surface area contributed by atoms with Crippen molar-refractivity contribution in [3.8, 4) is 0 Å². The molecule has 3 heteroatoms. The zero-order valence-electron chi connectivity index (χ0n) is 10.1. The van der Waals surface area contributed by atoms with E-state index < -0.39 is 0 Å². The average molecular weight is 287 g/mol. The minimum Gasteiger partial charge on any atom is -0.293 e. The summed E-state index contributed by atoms with van der Waals surface area (Å²) in [5, 5.41) is 0.743. The second-order valence-electron chi connectivity index (χ2n) is 5.13. The molecule has 2 atom stereocenters. The van der Waals surface area contributed by atoms with Gasteiger partial charge in [0.25, 0.3) is 0 Å². The first kappa shape index (κ1) is 11.6. The Bertz CT molecular complexity index is 679. The molecule has 1 aliphatic carbocycles. The van der Waals surface area contributed by atoms with Gasteiger partial charge in [0.15, 0.2) is 5.78 Å². The van der Waals surface area contributed by atoms with Crippen molar-refractivity contribution in [2.45, 2.75) is 22.0 Å². The molecule has 1 heterocycles. The summed E-state index contributed by atoms with van der Waals surface area (Å²) in [6.07, 6.45) is 0.937. The van der Waals surface area contributed by atoms with E-state index in [0.717, 1.165) is 21.9 Å².